The van der Waals surface area contributed by atoms with Gasteiger partial charge in [0.05, 0.1) is 19.6 Å². The summed E-state index contributed by atoms with van der Waals surface area (Å²) in [5.41, 5.74) is 2.48. The lowest BCUT2D eigenvalue weighted by Gasteiger charge is -2.14. The lowest BCUT2D eigenvalue weighted by molar-refractivity contribution is -0.120. The lowest BCUT2D eigenvalue weighted by Crippen LogP contribution is -2.29. The van der Waals surface area contributed by atoms with E-state index >= 15 is 0 Å². The van der Waals surface area contributed by atoms with Crippen LogP contribution in [-0.2, 0) is 11.2 Å². The van der Waals surface area contributed by atoms with Crippen LogP contribution in [0.15, 0.2) is 42.5 Å². The van der Waals surface area contributed by atoms with Gasteiger partial charge in [-0.15, -0.1) is 0 Å². The summed E-state index contributed by atoms with van der Waals surface area (Å²) in [5, 5.41) is 13.3. The first-order valence-corrected chi connectivity index (χ1v) is 7.71. The smallest absolute Gasteiger partial charge is 0.224 e. The van der Waals surface area contributed by atoms with Gasteiger partial charge in [0, 0.05) is 17.1 Å². The number of rotatable bonds is 6. The molecular formula is C18H20ClNO3. The minimum absolute atomic E-state index is 0.117. The zero-order valence-electron chi connectivity index (χ0n) is 13.2. The van der Waals surface area contributed by atoms with Gasteiger partial charge >= 0.3 is 0 Å². The van der Waals surface area contributed by atoms with Crippen molar-refractivity contribution in [3.05, 3.63) is 64.2 Å². The predicted molar refractivity (Wildman–Crippen MR) is 90.9 cm³/mol. The second kappa shape index (κ2) is 7.99. The molecule has 1 amide bonds. The SMILES string of the molecule is COc1cc(CC(=O)NCC(O)c2ccccc2Cl)ccc1C. The molecule has 0 aromatic heterocycles. The summed E-state index contributed by atoms with van der Waals surface area (Å²) in [6, 6.07) is 12.7. The van der Waals surface area contributed by atoms with Crippen LogP contribution in [0, 0.1) is 6.92 Å². The first kappa shape index (κ1) is 17.3. The molecule has 2 aromatic rings. The van der Waals surface area contributed by atoms with Crippen LogP contribution < -0.4 is 10.1 Å². The molecule has 0 fully saturated rings. The second-order valence-electron chi connectivity index (χ2n) is 5.32. The number of carbonyl (C=O) groups is 1. The maximum Gasteiger partial charge on any atom is 0.224 e. The van der Waals surface area contributed by atoms with E-state index in [4.69, 9.17) is 16.3 Å². The fourth-order valence-corrected chi connectivity index (χ4v) is 2.55. The minimum atomic E-state index is -0.833. The topological polar surface area (TPSA) is 58.6 Å². The van der Waals surface area contributed by atoms with Gasteiger partial charge in [0.2, 0.25) is 5.91 Å². The lowest BCUT2D eigenvalue weighted by atomic mass is 10.1. The largest absolute Gasteiger partial charge is 0.496 e. The van der Waals surface area contributed by atoms with Crippen molar-refractivity contribution in [3.8, 4) is 5.75 Å². The molecule has 1 atom stereocenters. The normalized spacial score (nSPS) is 11.8. The molecule has 4 nitrogen and oxygen atoms in total. The van der Waals surface area contributed by atoms with Gasteiger partial charge in [-0.05, 0) is 30.2 Å². The number of aliphatic hydroxyl groups excluding tert-OH is 1. The van der Waals surface area contributed by atoms with Gasteiger partial charge in [-0.2, -0.15) is 0 Å². The molecule has 122 valence electrons. The third-order valence-corrected chi connectivity index (χ3v) is 3.94. The Kier molecular flexibility index (Phi) is 6.02. The highest BCUT2D eigenvalue weighted by molar-refractivity contribution is 6.31. The molecule has 1 unspecified atom stereocenters. The average molecular weight is 334 g/mol. The summed E-state index contributed by atoms with van der Waals surface area (Å²) in [4.78, 5) is 12.0. The van der Waals surface area contributed by atoms with Crippen molar-refractivity contribution in [2.24, 2.45) is 0 Å². The summed E-state index contributed by atoms with van der Waals surface area (Å²) in [6.07, 6.45) is -0.605. The molecule has 5 heteroatoms. The number of carbonyl (C=O) groups excluding carboxylic acids is 1. The van der Waals surface area contributed by atoms with Crippen molar-refractivity contribution in [2.75, 3.05) is 13.7 Å². The molecule has 0 bridgehead atoms. The van der Waals surface area contributed by atoms with Crippen LogP contribution >= 0.6 is 11.6 Å². The summed E-state index contributed by atoms with van der Waals surface area (Å²) >= 11 is 6.03. The summed E-state index contributed by atoms with van der Waals surface area (Å²) in [5.74, 6) is 0.591. The Balaban J connectivity index is 1.91. The maximum atomic E-state index is 12.0. The van der Waals surface area contributed by atoms with E-state index in [1.165, 1.54) is 0 Å². The first-order chi connectivity index (χ1) is 11.0. The van der Waals surface area contributed by atoms with E-state index < -0.39 is 6.10 Å². The third-order valence-electron chi connectivity index (χ3n) is 3.59. The van der Waals surface area contributed by atoms with Crippen molar-refractivity contribution in [3.63, 3.8) is 0 Å². The Morgan fingerprint density at radius 3 is 2.74 bits per heavy atom. The Hall–Kier alpha value is -2.04. The molecule has 23 heavy (non-hydrogen) atoms. The molecule has 0 saturated heterocycles. The Morgan fingerprint density at radius 1 is 1.30 bits per heavy atom. The number of methoxy groups -OCH3 is 1. The summed E-state index contributed by atoms with van der Waals surface area (Å²) < 4.78 is 5.25. The van der Waals surface area contributed by atoms with E-state index in [0.29, 0.717) is 10.6 Å². The van der Waals surface area contributed by atoms with Gasteiger partial charge in [-0.25, -0.2) is 0 Å². The zero-order valence-corrected chi connectivity index (χ0v) is 13.9. The number of benzene rings is 2. The molecule has 2 aromatic carbocycles. The number of ether oxygens (including phenoxy) is 1. The number of hydrogen-bond acceptors (Lipinski definition) is 3. The van der Waals surface area contributed by atoms with E-state index in [1.54, 1.807) is 31.4 Å². The van der Waals surface area contributed by atoms with Gasteiger partial charge in [0.25, 0.3) is 0 Å². The zero-order chi connectivity index (χ0) is 16.8. The summed E-state index contributed by atoms with van der Waals surface area (Å²) in [7, 11) is 1.60. The van der Waals surface area contributed by atoms with E-state index in [1.807, 2.05) is 25.1 Å². The van der Waals surface area contributed by atoms with Crippen LogP contribution in [0.5, 0.6) is 5.75 Å². The monoisotopic (exact) mass is 333 g/mol. The fourth-order valence-electron chi connectivity index (χ4n) is 2.29. The molecule has 2 N–H and O–H groups in total. The highest BCUT2D eigenvalue weighted by Gasteiger charge is 2.13. The van der Waals surface area contributed by atoms with E-state index in [2.05, 4.69) is 5.32 Å². The molecular weight excluding hydrogens is 314 g/mol. The number of amides is 1. The first-order valence-electron chi connectivity index (χ1n) is 7.34. The Bertz CT molecular complexity index is 688. The van der Waals surface area contributed by atoms with E-state index in [0.717, 1.165) is 16.9 Å². The van der Waals surface area contributed by atoms with Crippen molar-refractivity contribution >= 4 is 17.5 Å². The second-order valence-corrected chi connectivity index (χ2v) is 5.73. The minimum Gasteiger partial charge on any atom is -0.496 e. The molecule has 0 heterocycles. The average Bonchev–Trinajstić information content (AvgIpc) is 2.55. The number of hydrogen-bond donors (Lipinski definition) is 2. The fraction of sp³-hybridized carbons (Fsp3) is 0.278. The van der Waals surface area contributed by atoms with Crippen LogP contribution in [0.25, 0.3) is 0 Å². The molecule has 0 aliphatic carbocycles. The number of aryl methyl sites for hydroxylation is 1. The van der Waals surface area contributed by atoms with Crippen LogP contribution in [-0.4, -0.2) is 24.7 Å². The van der Waals surface area contributed by atoms with Gasteiger partial charge < -0.3 is 15.2 Å². The van der Waals surface area contributed by atoms with E-state index in [9.17, 15) is 9.90 Å². The van der Waals surface area contributed by atoms with Gasteiger partial charge in [-0.3, -0.25) is 4.79 Å². The molecule has 0 aliphatic heterocycles. The van der Waals surface area contributed by atoms with Gasteiger partial charge in [0.1, 0.15) is 5.75 Å². The quantitative estimate of drug-likeness (QED) is 0.854. The summed E-state index contributed by atoms with van der Waals surface area (Å²) in [6.45, 7) is 2.06. The highest BCUT2D eigenvalue weighted by atomic mass is 35.5. The van der Waals surface area contributed by atoms with Crippen molar-refractivity contribution in [1.29, 1.82) is 0 Å². The van der Waals surface area contributed by atoms with Crippen molar-refractivity contribution in [1.82, 2.24) is 5.32 Å². The molecule has 2 rings (SSSR count). The van der Waals surface area contributed by atoms with E-state index in [-0.39, 0.29) is 18.9 Å². The number of nitrogens with one attached hydrogen (secondary N) is 1. The molecule has 0 spiro atoms. The highest BCUT2D eigenvalue weighted by Crippen LogP contribution is 2.22. The maximum absolute atomic E-state index is 12.0. The molecule has 0 aliphatic rings. The van der Waals surface area contributed by atoms with Crippen LogP contribution in [0.4, 0.5) is 0 Å². The van der Waals surface area contributed by atoms with Gasteiger partial charge in [0.15, 0.2) is 0 Å². The van der Waals surface area contributed by atoms with Crippen molar-refractivity contribution < 1.29 is 14.6 Å². The number of aliphatic hydroxyl groups is 1. The van der Waals surface area contributed by atoms with Crippen molar-refractivity contribution in [2.45, 2.75) is 19.4 Å². The third kappa shape index (κ3) is 4.71. The predicted octanol–water partition coefficient (Wildman–Crippen LogP) is 3.05. The van der Waals surface area contributed by atoms with Crippen LogP contribution in [0.2, 0.25) is 5.02 Å². The molecule has 0 radical (unpaired) electrons. The molecule has 0 saturated carbocycles. The Morgan fingerprint density at radius 2 is 2.04 bits per heavy atom. The Labute approximate surface area is 141 Å². The van der Waals surface area contributed by atoms with Crippen LogP contribution in [0.1, 0.15) is 22.8 Å². The standard InChI is InChI=1S/C18H20ClNO3/c1-12-7-8-13(9-17(12)23-2)10-18(22)20-11-16(21)14-5-3-4-6-15(14)19/h3-9,16,21H,10-11H2,1-2H3,(H,20,22). The number of halogens is 1. The van der Waals surface area contributed by atoms with Crippen LogP contribution in [0.3, 0.4) is 0 Å². The van der Waals surface area contributed by atoms with Gasteiger partial charge in [-0.1, -0.05) is 41.9 Å².